The van der Waals surface area contributed by atoms with Crippen LogP contribution < -0.4 is 10.6 Å². The summed E-state index contributed by atoms with van der Waals surface area (Å²) in [7, 11) is 0. The molecule has 1 heterocycles. The Morgan fingerprint density at radius 1 is 1.10 bits per heavy atom. The van der Waals surface area contributed by atoms with Gasteiger partial charge in [-0.25, -0.2) is 0 Å². The highest BCUT2D eigenvalue weighted by molar-refractivity contribution is 5.94. The molecule has 114 valence electrons. The second-order valence-electron chi connectivity index (χ2n) is 5.40. The molecule has 1 aromatic carbocycles. The van der Waals surface area contributed by atoms with Crippen LogP contribution in [0.3, 0.4) is 0 Å². The highest BCUT2D eigenvalue weighted by Crippen LogP contribution is 2.16. The number of benzene rings is 1. The van der Waals surface area contributed by atoms with Crippen molar-refractivity contribution in [1.82, 2.24) is 10.6 Å². The fourth-order valence-corrected chi connectivity index (χ4v) is 2.49. The summed E-state index contributed by atoms with van der Waals surface area (Å²) in [5.41, 5.74) is 3.18. The number of carbonyl (C=O) groups excluding carboxylic acids is 1. The van der Waals surface area contributed by atoms with Crippen LogP contribution in [0.4, 0.5) is 0 Å². The van der Waals surface area contributed by atoms with Gasteiger partial charge < -0.3 is 15.7 Å². The number of aliphatic carboxylic acids is 1. The molecule has 2 rings (SSSR count). The standard InChI is InChI=1S/C16H22N2O3/c19-15(20)5-3-1-2-4-8-18-16(21)12-6-7-13-10-17-11-14(13)9-12/h6-7,9,17H,1-5,8,10-11H2,(H,18,21)(H,19,20). The van der Waals surface area contributed by atoms with E-state index in [1.807, 2.05) is 18.2 Å². The summed E-state index contributed by atoms with van der Waals surface area (Å²) in [6.07, 6.45) is 3.67. The van der Waals surface area contributed by atoms with Crippen LogP contribution in [0.2, 0.25) is 0 Å². The molecule has 0 fully saturated rings. The van der Waals surface area contributed by atoms with E-state index >= 15 is 0 Å². The first kappa shape index (κ1) is 15.5. The summed E-state index contributed by atoms with van der Waals surface area (Å²) in [6, 6.07) is 5.84. The number of hydrogen-bond acceptors (Lipinski definition) is 3. The lowest BCUT2D eigenvalue weighted by Crippen LogP contribution is -2.24. The van der Waals surface area contributed by atoms with E-state index in [2.05, 4.69) is 10.6 Å². The van der Waals surface area contributed by atoms with E-state index in [0.717, 1.165) is 32.4 Å². The summed E-state index contributed by atoms with van der Waals surface area (Å²) in [5, 5.41) is 14.7. The Hall–Kier alpha value is -1.88. The number of hydrogen-bond donors (Lipinski definition) is 3. The van der Waals surface area contributed by atoms with Gasteiger partial charge in [-0.15, -0.1) is 0 Å². The SMILES string of the molecule is O=C(O)CCCCCCNC(=O)c1ccc2c(c1)CNC2. The van der Waals surface area contributed by atoms with E-state index in [9.17, 15) is 9.59 Å². The van der Waals surface area contributed by atoms with Crippen molar-refractivity contribution < 1.29 is 14.7 Å². The largest absolute Gasteiger partial charge is 0.481 e. The van der Waals surface area contributed by atoms with Crippen LogP contribution in [0, 0.1) is 0 Å². The van der Waals surface area contributed by atoms with Gasteiger partial charge in [-0.3, -0.25) is 9.59 Å². The van der Waals surface area contributed by atoms with Gasteiger partial charge in [-0.1, -0.05) is 18.9 Å². The van der Waals surface area contributed by atoms with Crippen molar-refractivity contribution in [1.29, 1.82) is 0 Å². The molecule has 0 radical (unpaired) electrons. The van der Waals surface area contributed by atoms with Gasteiger partial charge in [0.2, 0.25) is 0 Å². The number of carbonyl (C=O) groups is 2. The molecule has 5 heteroatoms. The quantitative estimate of drug-likeness (QED) is 0.640. The van der Waals surface area contributed by atoms with E-state index in [-0.39, 0.29) is 12.3 Å². The molecule has 1 aliphatic heterocycles. The van der Waals surface area contributed by atoms with Crippen molar-refractivity contribution in [2.75, 3.05) is 6.54 Å². The minimum atomic E-state index is -0.741. The summed E-state index contributed by atoms with van der Waals surface area (Å²) < 4.78 is 0. The second-order valence-corrected chi connectivity index (χ2v) is 5.40. The van der Waals surface area contributed by atoms with Crippen molar-refractivity contribution in [2.45, 2.75) is 45.2 Å². The van der Waals surface area contributed by atoms with Gasteiger partial charge in [0, 0.05) is 31.6 Å². The van der Waals surface area contributed by atoms with Crippen molar-refractivity contribution in [3.8, 4) is 0 Å². The molecular formula is C16H22N2O3. The van der Waals surface area contributed by atoms with Crippen LogP contribution in [0.15, 0.2) is 18.2 Å². The van der Waals surface area contributed by atoms with Crippen molar-refractivity contribution in [3.63, 3.8) is 0 Å². The van der Waals surface area contributed by atoms with E-state index in [0.29, 0.717) is 18.5 Å². The van der Waals surface area contributed by atoms with Gasteiger partial charge in [0.05, 0.1) is 0 Å². The highest BCUT2D eigenvalue weighted by atomic mass is 16.4. The summed E-state index contributed by atoms with van der Waals surface area (Å²) in [5.74, 6) is -0.773. The van der Waals surface area contributed by atoms with Crippen molar-refractivity contribution in [3.05, 3.63) is 34.9 Å². The Labute approximate surface area is 124 Å². The molecule has 0 aliphatic carbocycles. The lowest BCUT2D eigenvalue weighted by atomic mass is 10.1. The number of unbranched alkanes of at least 4 members (excludes halogenated alkanes) is 3. The average Bonchev–Trinajstić information content (AvgIpc) is 2.93. The minimum Gasteiger partial charge on any atom is -0.481 e. The highest BCUT2D eigenvalue weighted by Gasteiger charge is 2.12. The molecule has 1 aliphatic rings. The Morgan fingerprint density at radius 3 is 2.67 bits per heavy atom. The summed E-state index contributed by atoms with van der Waals surface area (Å²) in [4.78, 5) is 22.4. The van der Waals surface area contributed by atoms with Gasteiger partial charge in [0.1, 0.15) is 0 Å². The number of nitrogens with one attached hydrogen (secondary N) is 2. The van der Waals surface area contributed by atoms with E-state index in [4.69, 9.17) is 5.11 Å². The van der Waals surface area contributed by atoms with Gasteiger partial charge in [0.15, 0.2) is 0 Å². The molecule has 1 amide bonds. The van der Waals surface area contributed by atoms with E-state index < -0.39 is 5.97 Å². The number of fused-ring (bicyclic) bond motifs is 1. The number of rotatable bonds is 8. The van der Waals surface area contributed by atoms with Crippen molar-refractivity contribution >= 4 is 11.9 Å². The van der Waals surface area contributed by atoms with E-state index in [1.54, 1.807) is 0 Å². The lowest BCUT2D eigenvalue weighted by molar-refractivity contribution is -0.137. The molecular weight excluding hydrogens is 268 g/mol. The Balaban J connectivity index is 1.64. The monoisotopic (exact) mass is 290 g/mol. The average molecular weight is 290 g/mol. The van der Waals surface area contributed by atoms with Crippen LogP contribution in [0.5, 0.6) is 0 Å². The predicted molar refractivity (Wildman–Crippen MR) is 80.0 cm³/mol. The van der Waals surface area contributed by atoms with Gasteiger partial charge in [-0.05, 0) is 36.1 Å². The molecule has 0 saturated carbocycles. The second kappa shape index (κ2) is 7.78. The number of carboxylic acid groups (broad SMARTS) is 1. The molecule has 0 unspecified atom stereocenters. The zero-order chi connectivity index (χ0) is 15.1. The Morgan fingerprint density at radius 2 is 1.86 bits per heavy atom. The molecule has 3 N–H and O–H groups in total. The van der Waals surface area contributed by atoms with Crippen LogP contribution in [0.25, 0.3) is 0 Å². The Bertz CT molecular complexity index is 514. The molecule has 0 aromatic heterocycles. The van der Waals surface area contributed by atoms with E-state index in [1.165, 1.54) is 11.1 Å². The van der Waals surface area contributed by atoms with Crippen LogP contribution in [-0.2, 0) is 17.9 Å². The third kappa shape index (κ3) is 4.86. The fraction of sp³-hybridized carbons (Fsp3) is 0.500. The van der Waals surface area contributed by atoms with Crippen LogP contribution >= 0.6 is 0 Å². The maximum Gasteiger partial charge on any atom is 0.303 e. The molecule has 21 heavy (non-hydrogen) atoms. The summed E-state index contributed by atoms with van der Waals surface area (Å²) >= 11 is 0. The zero-order valence-corrected chi connectivity index (χ0v) is 12.2. The number of carboxylic acids is 1. The van der Waals surface area contributed by atoms with Crippen molar-refractivity contribution in [2.24, 2.45) is 0 Å². The van der Waals surface area contributed by atoms with Gasteiger partial charge >= 0.3 is 5.97 Å². The first-order valence-electron chi connectivity index (χ1n) is 7.49. The molecule has 0 bridgehead atoms. The molecule has 0 atom stereocenters. The molecule has 0 saturated heterocycles. The molecule has 0 spiro atoms. The van der Waals surface area contributed by atoms with Gasteiger partial charge in [0.25, 0.3) is 5.91 Å². The number of amides is 1. The third-order valence-electron chi connectivity index (χ3n) is 3.70. The minimum absolute atomic E-state index is 0.0322. The fourth-order valence-electron chi connectivity index (χ4n) is 2.49. The third-order valence-corrected chi connectivity index (χ3v) is 3.70. The first-order chi connectivity index (χ1) is 10.2. The predicted octanol–water partition coefficient (Wildman–Crippen LogP) is 2.05. The van der Waals surface area contributed by atoms with Gasteiger partial charge in [-0.2, -0.15) is 0 Å². The maximum atomic E-state index is 12.0. The smallest absolute Gasteiger partial charge is 0.303 e. The van der Waals surface area contributed by atoms with Crippen LogP contribution in [-0.4, -0.2) is 23.5 Å². The zero-order valence-electron chi connectivity index (χ0n) is 12.2. The molecule has 1 aromatic rings. The molecule has 5 nitrogen and oxygen atoms in total. The lowest BCUT2D eigenvalue weighted by Gasteiger charge is -2.06. The summed E-state index contributed by atoms with van der Waals surface area (Å²) in [6.45, 7) is 2.36. The van der Waals surface area contributed by atoms with Crippen LogP contribution in [0.1, 0.15) is 53.6 Å². The Kier molecular flexibility index (Phi) is 5.75. The maximum absolute atomic E-state index is 12.0. The normalized spacial score (nSPS) is 13.0. The topological polar surface area (TPSA) is 78.4 Å². The first-order valence-corrected chi connectivity index (χ1v) is 7.49.